The molecule has 0 radical (unpaired) electrons. The van der Waals surface area contributed by atoms with Crippen LogP contribution in [0, 0.1) is 0 Å². The first-order valence-electron chi connectivity index (χ1n) is 17.4. The topological polar surface area (TPSA) is 397 Å². The van der Waals surface area contributed by atoms with E-state index < -0.39 is 161 Å². The molecular formula is C32H48N2O22. The third-order valence-electron chi connectivity index (χ3n) is 9.96. The number of ether oxygens (including phenoxy) is 6. The van der Waals surface area contributed by atoms with Crippen molar-refractivity contribution in [2.24, 2.45) is 0 Å². The lowest BCUT2D eigenvalue weighted by Gasteiger charge is -2.46. The van der Waals surface area contributed by atoms with Crippen LogP contribution in [0.15, 0.2) is 24.3 Å². The standard InChI is InChI=1S/C32H48N2O22/c35-5-11-15(39)17(41)23(47)31(53-11)55-25-13(7-37)51-29(21(45)19(25)43)33-27(49)9-1-2-10(4-3-9)28(50)34-30-22(46)20(44)26(14(8-38)52-30)56-32-24(48)18(42)16(40)12(6-36)54-32/h1-4,11-26,29-32,35-48H,5-8H2,(H,33,49)(H,34,50)/t11-,12-,13-,14-,15-,16-,17+,18+,19-,20-,21-,22-,23+,24+,25-,26-,29-,30-,31-,32-/m1/s1. The molecule has 4 fully saturated rings. The van der Waals surface area contributed by atoms with Crippen molar-refractivity contribution in [2.45, 2.75) is 123 Å². The number of benzene rings is 1. The summed E-state index contributed by atoms with van der Waals surface area (Å²) in [5.74, 6) is -1.77. The molecule has 0 unspecified atom stereocenters. The minimum absolute atomic E-state index is 0.0926. The monoisotopic (exact) mass is 812 g/mol. The zero-order valence-electron chi connectivity index (χ0n) is 29.2. The van der Waals surface area contributed by atoms with Crippen LogP contribution < -0.4 is 10.6 Å². The van der Waals surface area contributed by atoms with Crippen molar-refractivity contribution in [3.8, 4) is 0 Å². The Hall–Kier alpha value is -2.64. The molecule has 2 amide bonds. The van der Waals surface area contributed by atoms with E-state index in [4.69, 9.17) is 28.4 Å². The van der Waals surface area contributed by atoms with Crippen LogP contribution in [0.5, 0.6) is 0 Å². The van der Waals surface area contributed by atoms with Gasteiger partial charge in [0.1, 0.15) is 97.7 Å². The van der Waals surface area contributed by atoms with E-state index in [1.165, 1.54) is 24.3 Å². The summed E-state index contributed by atoms with van der Waals surface area (Å²) in [4.78, 5) is 26.1. The van der Waals surface area contributed by atoms with Crippen LogP contribution in [-0.2, 0) is 28.4 Å². The van der Waals surface area contributed by atoms with Crippen molar-refractivity contribution < 1.29 is 110 Å². The van der Waals surface area contributed by atoms with Crippen molar-refractivity contribution in [2.75, 3.05) is 26.4 Å². The van der Waals surface area contributed by atoms with Gasteiger partial charge >= 0.3 is 0 Å². The number of rotatable bonds is 12. The Morgan fingerprint density at radius 1 is 0.446 bits per heavy atom. The second-order valence-corrected chi connectivity index (χ2v) is 13.6. The summed E-state index contributed by atoms with van der Waals surface area (Å²) < 4.78 is 32.6. The molecule has 16 N–H and O–H groups in total. The van der Waals surface area contributed by atoms with Gasteiger partial charge in [0.15, 0.2) is 25.0 Å². The predicted molar refractivity (Wildman–Crippen MR) is 174 cm³/mol. The van der Waals surface area contributed by atoms with Gasteiger partial charge < -0.3 is 111 Å². The Morgan fingerprint density at radius 3 is 1.07 bits per heavy atom. The SMILES string of the molecule is O=C(N[C@@H]1O[C@H](CO)[C@@H](O[C@H]2O[C@H](CO)[C@@H](O)[C@H](O)[C@@H]2O)[C@H](O)[C@H]1O)c1ccc(C(=O)N[C@@H]2O[C@H](CO)[C@@H](O[C@H]3O[C@H](CO)[C@@H](O)[C@H](O)[C@@H]3O)[C@H](O)[C@H]2O)cc1. The second-order valence-electron chi connectivity index (χ2n) is 13.6. The molecule has 20 atom stereocenters. The maximum Gasteiger partial charge on any atom is 0.253 e. The van der Waals surface area contributed by atoms with Crippen LogP contribution in [0.2, 0.25) is 0 Å². The van der Waals surface area contributed by atoms with Crippen molar-refractivity contribution in [3.63, 3.8) is 0 Å². The Morgan fingerprint density at radius 2 is 0.768 bits per heavy atom. The molecule has 1 aromatic rings. The van der Waals surface area contributed by atoms with E-state index in [0.29, 0.717) is 0 Å². The Kier molecular flexibility index (Phi) is 15.1. The molecule has 4 aliphatic heterocycles. The minimum atomic E-state index is -1.90. The van der Waals surface area contributed by atoms with E-state index in [2.05, 4.69) is 10.6 Å². The molecule has 0 bridgehead atoms. The molecule has 4 heterocycles. The van der Waals surface area contributed by atoms with Gasteiger partial charge in [-0.25, -0.2) is 0 Å². The molecule has 5 rings (SSSR count). The number of aliphatic hydroxyl groups excluding tert-OH is 14. The molecule has 56 heavy (non-hydrogen) atoms. The predicted octanol–water partition coefficient (Wildman–Crippen LogP) is -9.61. The molecule has 0 saturated carbocycles. The highest BCUT2D eigenvalue weighted by Crippen LogP contribution is 2.31. The Balaban J connectivity index is 1.16. The molecule has 0 aliphatic carbocycles. The Bertz CT molecular complexity index is 1330. The summed E-state index contributed by atoms with van der Waals surface area (Å²) in [6, 6.07) is 4.72. The van der Waals surface area contributed by atoms with E-state index in [9.17, 15) is 81.1 Å². The van der Waals surface area contributed by atoms with Crippen molar-refractivity contribution in [1.82, 2.24) is 10.6 Å². The van der Waals surface area contributed by atoms with Crippen LogP contribution in [0.1, 0.15) is 20.7 Å². The summed E-state index contributed by atoms with van der Waals surface area (Å²) in [6.07, 6.45) is -34.0. The first-order valence-corrected chi connectivity index (χ1v) is 17.4. The fraction of sp³-hybridized carbons (Fsp3) is 0.750. The summed E-state index contributed by atoms with van der Waals surface area (Å²) in [5, 5.41) is 147. The lowest BCUT2D eigenvalue weighted by molar-refractivity contribution is -0.342. The van der Waals surface area contributed by atoms with Crippen LogP contribution in [0.3, 0.4) is 0 Å². The first-order chi connectivity index (χ1) is 26.6. The summed E-state index contributed by atoms with van der Waals surface area (Å²) in [7, 11) is 0. The van der Waals surface area contributed by atoms with Gasteiger partial charge in [0, 0.05) is 11.1 Å². The normalized spacial score (nSPS) is 44.5. The quantitative estimate of drug-likeness (QED) is 0.0931. The molecule has 0 aromatic heterocycles. The van der Waals surface area contributed by atoms with Gasteiger partial charge in [-0.3, -0.25) is 9.59 Å². The number of carbonyl (C=O) groups excluding carboxylic acids is 2. The van der Waals surface area contributed by atoms with Gasteiger partial charge in [0.2, 0.25) is 0 Å². The lowest BCUT2D eigenvalue weighted by atomic mass is 9.96. The largest absolute Gasteiger partial charge is 0.394 e. The molecule has 4 aliphatic rings. The van der Waals surface area contributed by atoms with Crippen LogP contribution in [-0.4, -0.2) is 232 Å². The van der Waals surface area contributed by atoms with E-state index in [-0.39, 0.29) is 11.1 Å². The molecule has 24 heteroatoms. The van der Waals surface area contributed by atoms with Crippen molar-refractivity contribution in [1.29, 1.82) is 0 Å². The zero-order valence-corrected chi connectivity index (χ0v) is 29.2. The van der Waals surface area contributed by atoms with Gasteiger partial charge in [0.05, 0.1) is 26.4 Å². The molecule has 318 valence electrons. The number of hydrogen-bond acceptors (Lipinski definition) is 22. The molecule has 1 aromatic carbocycles. The number of hydrogen-bond donors (Lipinski definition) is 16. The molecular weight excluding hydrogens is 764 g/mol. The third kappa shape index (κ3) is 9.14. The van der Waals surface area contributed by atoms with Crippen LogP contribution in [0.25, 0.3) is 0 Å². The number of aliphatic hydroxyl groups is 14. The van der Waals surface area contributed by atoms with Gasteiger partial charge in [-0.05, 0) is 24.3 Å². The van der Waals surface area contributed by atoms with Crippen molar-refractivity contribution in [3.05, 3.63) is 35.4 Å². The van der Waals surface area contributed by atoms with E-state index >= 15 is 0 Å². The zero-order chi connectivity index (χ0) is 41.2. The van der Waals surface area contributed by atoms with Gasteiger partial charge in [-0.15, -0.1) is 0 Å². The highest BCUT2D eigenvalue weighted by Gasteiger charge is 2.52. The van der Waals surface area contributed by atoms with E-state index in [1.807, 2.05) is 0 Å². The van der Waals surface area contributed by atoms with Crippen LogP contribution >= 0.6 is 0 Å². The summed E-state index contributed by atoms with van der Waals surface area (Å²) >= 11 is 0. The second kappa shape index (κ2) is 19.0. The number of carbonyl (C=O) groups is 2. The highest BCUT2D eigenvalue weighted by molar-refractivity contribution is 5.98. The average Bonchev–Trinajstić information content (AvgIpc) is 3.20. The fourth-order valence-corrected chi connectivity index (χ4v) is 6.62. The average molecular weight is 813 g/mol. The van der Waals surface area contributed by atoms with E-state index in [1.54, 1.807) is 0 Å². The van der Waals surface area contributed by atoms with Gasteiger partial charge in [0.25, 0.3) is 11.8 Å². The maximum atomic E-state index is 13.1. The first kappa shape index (κ1) is 44.5. The third-order valence-corrected chi connectivity index (χ3v) is 9.96. The van der Waals surface area contributed by atoms with E-state index in [0.717, 1.165) is 0 Å². The smallest absolute Gasteiger partial charge is 0.253 e. The molecule has 24 nitrogen and oxygen atoms in total. The highest BCUT2D eigenvalue weighted by atomic mass is 16.7. The lowest BCUT2D eigenvalue weighted by Crippen LogP contribution is -2.66. The summed E-state index contributed by atoms with van der Waals surface area (Å²) in [5.41, 5.74) is -0.185. The fourth-order valence-electron chi connectivity index (χ4n) is 6.62. The summed E-state index contributed by atoms with van der Waals surface area (Å²) in [6.45, 7) is -3.24. The molecule has 0 spiro atoms. The molecule has 4 saturated heterocycles. The number of nitrogens with one attached hydrogen (secondary N) is 2. The van der Waals surface area contributed by atoms with Gasteiger partial charge in [-0.2, -0.15) is 0 Å². The van der Waals surface area contributed by atoms with Gasteiger partial charge in [-0.1, -0.05) is 0 Å². The number of amides is 2. The Labute approximate surface area is 316 Å². The maximum absolute atomic E-state index is 13.1. The van der Waals surface area contributed by atoms with Crippen molar-refractivity contribution >= 4 is 11.8 Å². The van der Waals surface area contributed by atoms with Crippen LogP contribution in [0.4, 0.5) is 0 Å². The minimum Gasteiger partial charge on any atom is -0.394 e.